The van der Waals surface area contributed by atoms with Crippen molar-refractivity contribution < 1.29 is 0 Å². The summed E-state index contributed by atoms with van der Waals surface area (Å²) < 4.78 is 2.10. The summed E-state index contributed by atoms with van der Waals surface area (Å²) in [5.41, 5.74) is 4.22. The minimum atomic E-state index is 0.959. The van der Waals surface area contributed by atoms with E-state index >= 15 is 0 Å². The van der Waals surface area contributed by atoms with Crippen molar-refractivity contribution in [3.63, 3.8) is 0 Å². The summed E-state index contributed by atoms with van der Waals surface area (Å²) in [7, 11) is 0. The zero-order valence-electron chi connectivity index (χ0n) is 11.7. The lowest BCUT2D eigenvalue weighted by molar-refractivity contribution is 0.588. The molecule has 0 bridgehead atoms. The molecule has 0 radical (unpaired) electrons. The molecule has 0 spiro atoms. The van der Waals surface area contributed by atoms with Crippen LogP contribution >= 0.6 is 0 Å². The van der Waals surface area contributed by atoms with Crippen molar-refractivity contribution in [1.82, 2.24) is 19.7 Å². The predicted octanol–water partition coefficient (Wildman–Crippen LogP) is 1.81. The van der Waals surface area contributed by atoms with E-state index in [1.807, 2.05) is 18.3 Å². The summed E-state index contributed by atoms with van der Waals surface area (Å²) in [4.78, 5) is 11.2. The third-order valence-electron chi connectivity index (χ3n) is 3.87. The zero-order valence-corrected chi connectivity index (χ0v) is 11.7. The Morgan fingerprint density at radius 2 is 1.95 bits per heavy atom. The molecule has 1 aliphatic rings. The minimum Gasteiger partial charge on any atom is -0.368 e. The van der Waals surface area contributed by atoms with E-state index in [1.165, 1.54) is 5.69 Å². The van der Waals surface area contributed by atoms with Gasteiger partial charge in [-0.3, -0.25) is 4.98 Å². The largest absolute Gasteiger partial charge is 0.368 e. The summed E-state index contributed by atoms with van der Waals surface area (Å²) in [5.74, 6) is 0. The first-order valence-electron chi connectivity index (χ1n) is 7.25. The molecule has 0 saturated carbocycles. The van der Waals surface area contributed by atoms with Crippen molar-refractivity contribution in [2.45, 2.75) is 0 Å². The van der Waals surface area contributed by atoms with E-state index in [9.17, 15) is 0 Å². The zero-order chi connectivity index (χ0) is 14.1. The van der Waals surface area contributed by atoms with Crippen LogP contribution in [0.1, 0.15) is 0 Å². The maximum atomic E-state index is 4.66. The van der Waals surface area contributed by atoms with Crippen LogP contribution in [0, 0.1) is 0 Å². The van der Waals surface area contributed by atoms with E-state index in [1.54, 1.807) is 6.20 Å². The monoisotopic (exact) mass is 279 g/mol. The second-order valence-electron chi connectivity index (χ2n) is 5.26. The van der Waals surface area contributed by atoms with Gasteiger partial charge in [0.1, 0.15) is 5.65 Å². The van der Waals surface area contributed by atoms with Crippen molar-refractivity contribution in [1.29, 1.82) is 0 Å². The van der Waals surface area contributed by atoms with E-state index in [-0.39, 0.29) is 0 Å². The molecule has 3 aromatic rings. The number of nitrogens with one attached hydrogen (secondary N) is 1. The first-order valence-corrected chi connectivity index (χ1v) is 7.25. The fraction of sp³-hybridized carbons (Fsp3) is 0.250. The molecule has 106 valence electrons. The molecule has 4 rings (SSSR count). The second-order valence-corrected chi connectivity index (χ2v) is 5.26. The lowest BCUT2D eigenvalue weighted by Gasteiger charge is -2.29. The van der Waals surface area contributed by atoms with Crippen molar-refractivity contribution >= 4 is 11.3 Å². The first kappa shape index (κ1) is 12.3. The number of rotatable bonds is 2. The molecule has 4 heterocycles. The molecule has 1 aliphatic heterocycles. The van der Waals surface area contributed by atoms with E-state index in [0.29, 0.717) is 0 Å². The molecule has 0 amide bonds. The number of hydrogen-bond donors (Lipinski definition) is 1. The van der Waals surface area contributed by atoms with Gasteiger partial charge in [-0.25, -0.2) is 4.98 Å². The smallest absolute Gasteiger partial charge is 0.137 e. The molecule has 5 nitrogen and oxygen atoms in total. The molecule has 21 heavy (non-hydrogen) atoms. The summed E-state index contributed by atoms with van der Waals surface area (Å²) in [6, 6.07) is 8.20. The van der Waals surface area contributed by atoms with E-state index in [4.69, 9.17) is 0 Å². The molecule has 0 unspecified atom stereocenters. The maximum Gasteiger partial charge on any atom is 0.137 e. The van der Waals surface area contributed by atoms with Gasteiger partial charge < -0.3 is 14.6 Å². The van der Waals surface area contributed by atoms with Gasteiger partial charge in [-0.2, -0.15) is 0 Å². The standard InChI is InChI=1S/C16H17N5/c1-2-13(10-18-5-1)15-12-21-11-14(3-4-16(21)19-15)20-8-6-17-7-9-20/h1-5,10-12,17H,6-9H2. The third kappa shape index (κ3) is 2.36. The topological polar surface area (TPSA) is 45.5 Å². The Labute approximate surface area is 123 Å². The highest BCUT2D eigenvalue weighted by Gasteiger charge is 2.11. The van der Waals surface area contributed by atoms with Crippen molar-refractivity contribution in [2.75, 3.05) is 31.1 Å². The number of aromatic nitrogens is 3. The van der Waals surface area contributed by atoms with Gasteiger partial charge in [-0.05, 0) is 24.3 Å². The average Bonchev–Trinajstić information content (AvgIpc) is 2.99. The Bertz CT molecular complexity index is 744. The van der Waals surface area contributed by atoms with Crippen LogP contribution < -0.4 is 10.2 Å². The van der Waals surface area contributed by atoms with Gasteiger partial charge in [0.15, 0.2) is 0 Å². The summed E-state index contributed by atoms with van der Waals surface area (Å²) in [6.45, 7) is 4.19. The number of anilines is 1. The number of hydrogen-bond acceptors (Lipinski definition) is 4. The summed E-state index contributed by atoms with van der Waals surface area (Å²) in [6.07, 6.45) is 7.85. The lowest BCUT2D eigenvalue weighted by atomic mass is 10.2. The molecule has 1 saturated heterocycles. The molecule has 0 atom stereocenters. The molecule has 1 fully saturated rings. The van der Waals surface area contributed by atoms with Gasteiger partial charge in [0.05, 0.1) is 11.4 Å². The summed E-state index contributed by atoms with van der Waals surface area (Å²) >= 11 is 0. The SMILES string of the molecule is c1cncc(-c2cn3cc(N4CCNCC4)ccc3n2)c1. The first-order chi connectivity index (χ1) is 10.4. The van der Waals surface area contributed by atoms with Gasteiger partial charge in [0, 0.05) is 56.5 Å². The number of nitrogens with zero attached hydrogens (tertiary/aromatic N) is 4. The number of piperazine rings is 1. The normalized spacial score (nSPS) is 15.5. The Morgan fingerprint density at radius 3 is 2.76 bits per heavy atom. The van der Waals surface area contributed by atoms with E-state index in [2.05, 4.69) is 49.1 Å². The highest BCUT2D eigenvalue weighted by atomic mass is 15.2. The second kappa shape index (κ2) is 5.18. The van der Waals surface area contributed by atoms with Crippen LogP contribution in [0.4, 0.5) is 5.69 Å². The molecule has 1 N–H and O–H groups in total. The highest BCUT2D eigenvalue weighted by molar-refractivity contribution is 5.63. The lowest BCUT2D eigenvalue weighted by Crippen LogP contribution is -2.43. The average molecular weight is 279 g/mol. The van der Waals surface area contributed by atoms with Crippen LogP contribution in [0.5, 0.6) is 0 Å². The maximum absolute atomic E-state index is 4.66. The van der Waals surface area contributed by atoms with Crippen LogP contribution in [0.25, 0.3) is 16.9 Å². The summed E-state index contributed by atoms with van der Waals surface area (Å²) in [5, 5.41) is 3.38. The fourth-order valence-electron chi connectivity index (χ4n) is 2.74. The number of fused-ring (bicyclic) bond motifs is 1. The van der Waals surface area contributed by atoms with Crippen LogP contribution in [-0.2, 0) is 0 Å². The molecule has 5 heteroatoms. The van der Waals surface area contributed by atoms with Gasteiger partial charge >= 0.3 is 0 Å². The number of pyridine rings is 2. The third-order valence-corrected chi connectivity index (χ3v) is 3.87. The highest BCUT2D eigenvalue weighted by Crippen LogP contribution is 2.21. The van der Waals surface area contributed by atoms with Gasteiger partial charge in [0.25, 0.3) is 0 Å². The van der Waals surface area contributed by atoms with Crippen molar-refractivity contribution in [3.8, 4) is 11.3 Å². The van der Waals surface area contributed by atoms with Crippen molar-refractivity contribution in [3.05, 3.63) is 49.1 Å². The Hall–Kier alpha value is -2.40. The van der Waals surface area contributed by atoms with Crippen LogP contribution in [-0.4, -0.2) is 40.5 Å². The molecule has 3 aromatic heterocycles. The Kier molecular flexibility index (Phi) is 3.05. The predicted molar refractivity (Wildman–Crippen MR) is 83.5 cm³/mol. The van der Waals surface area contributed by atoms with Gasteiger partial charge in [-0.1, -0.05) is 0 Å². The van der Waals surface area contributed by atoms with Crippen molar-refractivity contribution in [2.24, 2.45) is 0 Å². The number of imidazole rings is 1. The molecular weight excluding hydrogens is 262 g/mol. The van der Waals surface area contributed by atoms with E-state index < -0.39 is 0 Å². The minimum absolute atomic E-state index is 0.959. The molecular formula is C16H17N5. The van der Waals surface area contributed by atoms with E-state index in [0.717, 1.165) is 43.1 Å². The van der Waals surface area contributed by atoms with Crippen LogP contribution in [0.15, 0.2) is 49.1 Å². The Balaban J connectivity index is 1.71. The van der Waals surface area contributed by atoms with Gasteiger partial charge in [0.2, 0.25) is 0 Å². The fourth-order valence-corrected chi connectivity index (χ4v) is 2.74. The molecule has 0 aromatic carbocycles. The van der Waals surface area contributed by atoms with Crippen LogP contribution in [0.2, 0.25) is 0 Å². The molecule has 0 aliphatic carbocycles. The quantitative estimate of drug-likeness (QED) is 0.777. The Morgan fingerprint density at radius 1 is 1.05 bits per heavy atom. The van der Waals surface area contributed by atoms with Gasteiger partial charge in [-0.15, -0.1) is 0 Å². The van der Waals surface area contributed by atoms with Crippen LogP contribution in [0.3, 0.4) is 0 Å².